The molecule has 1 amide bonds. The Morgan fingerprint density at radius 2 is 2.05 bits per heavy atom. The van der Waals surface area contributed by atoms with E-state index in [1.807, 2.05) is 42.2 Å². The third-order valence-corrected chi connectivity index (χ3v) is 3.70. The first-order chi connectivity index (χ1) is 9.79. The fraction of sp³-hybridized carbons (Fsp3) is 0.375. The zero-order valence-corrected chi connectivity index (χ0v) is 11.7. The molecule has 1 aliphatic heterocycles. The second kappa shape index (κ2) is 5.49. The normalized spacial score (nSPS) is 14.8. The quantitative estimate of drug-likeness (QED) is 0.932. The van der Waals surface area contributed by atoms with E-state index in [-0.39, 0.29) is 5.91 Å². The molecule has 4 nitrogen and oxygen atoms in total. The van der Waals surface area contributed by atoms with Crippen LogP contribution in [-0.4, -0.2) is 35.4 Å². The summed E-state index contributed by atoms with van der Waals surface area (Å²) in [6.07, 6.45) is 2.19. The van der Waals surface area contributed by atoms with Gasteiger partial charge in [-0.2, -0.15) is 0 Å². The largest absolute Gasteiger partial charge is 0.370 e. The average Bonchev–Trinajstić information content (AvgIpc) is 3.01. The minimum atomic E-state index is 0.0485. The second-order valence-corrected chi connectivity index (χ2v) is 5.11. The minimum absolute atomic E-state index is 0.0485. The van der Waals surface area contributed by atoms with Gasteiger partial charge in [-0.3, -0.25) is 4.79 Å². The SMILES string of the molecule is CCNc1nc(C(=O)N2CCCC2)cc2ccccc12. The van der Waals surface area contributed by atoms with Crippen LogP contribution < -0.4 is 5.32 Å². The van der Waals surface area contributed by atoms with Crippen molar-refractivity contribution in [1.29, 1.82) is 0 Å². The van der Waals surface area contributed by atoms with Gasteiger partial charge in [-0.1, -0.05) is 24.3 Å². The molecule has 1 N–H and O–H groups in total. The number of nitrogens with zero attached hydrogens (tertiary/aromatic N) is 2. The molecular weight excluding hydrogens is 250 g/mol. The van der Waals surface area contributed by atoms with Gasteiger partial charge >= 0.3 is 0 Å². The fourth-order valence-corrected chi connectivity index (χ4v) is 2.69. The highest BCUT2D eigenvalue weighted by molar-refractivity contribution is 6.00. The summed E-state index contributed by atoms with van der Waals surface area (Å²) in [5.41, 5.74) is 0.543. The van der Waals surface area contributed by atoms with Crippen molar-refractivity contribution in [2.75, 3.05) is 25.0 Å². The maximum atomic E-state index is 12.5. The molecule has 0 saturated carbocycles. The lowest BCUT2D eigenvalue weighted by atomic mass is 10.1. The zero-order valence-electron chi connectivity index (χ0n) is 11.7. The number of pyridine rings is 1. The van der Waals surface area contributed by atoms with Crippen LogP contribution in [0.25, 0.3) is 10.8 Å². The van der Waals surface area contributed by atoms with Gasteiger partial charge in [0.25, 0.3) is 5.91 Å². The molecule has 1 aromatic carbocycles. The van der Waals surface area contributed by atoms with E-state index in [0.29, 0.717) is 5.69 Å². The van der Waals surface area contributed by atoms with Gasteiger partial charge in [0.1, 0.15) is 11.5 Å². The zero-order chi connectivity index (χ0) is 13.9. The summed E-state index contributed by atoms with van der Waals surface area (Å²) in [7, 11) is 0. The first kappa shape index (κ1) is 12.9. The predicted molar refractivity (Wildman–Crippen MR) is 81.0 cm³/mol. The Kier molecular flexibility index (Phi) is 3.54. The van der Waals surface area contributed by atoms with Crippen molar-refractivity contribution in [3.8, 4) is 0 Å². The summed E-state index contributed by atoms with van der Waals surface area (Å²) in [5.74, 6) is 0.848. The Morgan fingerprint density at radius 1 is 1.30 bits per heavy atom. The lowest BCUT2D eigenvalue weighted by Crippen LogP contribution is -2.28. The van der Waals surface area contributed by atoms with Crippen molar-refractivity contribution in [2.24, 2.45) is 0 Å². The number of carbonyl (C=O) groups excluding carboxylic acids is 1. The number of rotatable bonds is 3. The molecule has 1 aromatic heterocycles. The van der Waals surface area contributed by atoms with Crippen molar-refractivity contribution >= 4 is 22.5 Å². The summed E-state index contributed by atoms with van der Waals surface area (Å²) >= 11 is 0. The Labute approximate surface area is 118 Å². The van der Waals surface area contributed by atoms with Gasteiger partial charge in [0.05, 0.1) is 0 Å². The van der Waals surface area contributed by atoms with Crippen LogP contribution in [0.2, 0.25) is 0 Å². The number of fused-ring (bicyclic) bond motifs is 1. The molecule has 0 bridgehead atoms. The summed E-state index contributed by atoms with van der Waals surface area (Å²) in [6, 6.07) is 9.94. The molecule has 3 rings (SSSR count). The number of anilines is 1. The summed E-state index contributed by atoms with van der Waals surface area (Å²) in [4.78, 5) is 18.9. The minimum Gasteiger partial charge on any atom is -0.370 e. The van der Waals surface area contributed by atoms with Crippen LogP contribution in [0.5, 0.6) is 0 Å². The van der Waals surface area contributed by atoms with E-state index in [1.54, 1.807) is 0 Å². The standard InChI is InChI=1S/C16H19N3O/c1-2-17-15-13-8-4-3-7-12(13)11-14(18-15)16(20)19-9-5-6-10-19/h3-4,7-8,11H,2,5-6,9-10H2,1H3,(H,17,18). The van der Waals surface area contributed by atoms with Crippen molar-refractivity contribution in [3.63, 3.8) is 0 Å². The number of benzene rings is 1. The Morgan fingerprint density at radius 3 is 2.80 bits per heavy atom. The molecule has 20 heavy (non-hydrogen) atoms. The van der Waals surface area contributed by atoms with Gasteiger partial charge in [0.15, 0.2) is 0 Å². The number of likely N-dealkylation sites (tertiary alicyclic amines) is 1. The van der Waals surface area contributed by atoms with Crippen LogP contribution in [-0.2, 0) is 0 Å². The third-order valence-electron chi connectivity index (χ3n) is 3.70. The number of amides is 1. The number of aromatic nitrogens is 1. The highest BCUT2D eigenvalue weighted by Gasteiger charge is 2.21. The van der Waals surface area contributed by atoms with Crippen molar-refractivity contribution < 1.29 is 4.79 Å². The maximum absolute atomic E-state index is 12.5. The molecule has 0 unspecified atom stereocenters. The van der Waals surface area contributed by atoms with Gasteiger partial charge < -0.3 is 10.2 Å². The number of nitrogens with one attached hydrogen (secondary N) is 1. The molecule has 1 aliphatic rings. The van der Waals surface area contributed by atoms with E-state index in [1.165, 1.54) is 0 Å². The highest BCUT2D eigenvalue weighted by atomic mass is 16.2. The fourth-order valence-electron chi connectivity index (χ4n) is 2.69. The van der Waals surface area contributed by atoms with Gasteiger partial charge in [-0.25, -0.2) is 4.98 Å². The van der Waals surface area contributed by atoms with E-state index in [2.05, 4.69) is 10.3 Å². The molecule has 2 aromatic rings. The molecule has 0 atom stereocenters. The molecule has 1 fully saturated rings. The highest BCUT2D eigenvalue weighted by Crippen LogP contribution is 2.23. The molecule has 2 heterocycles. The van der Waals surface area contributed by atoms with Gasteiger partial charge in [-0.05, 0) is 31.2 Å². The van der Waals surface area contributed by atoms with E-state index in [9.17, 15) is 4.79 Å². The Balaban J connectivity index is 2.04. The van der Waals surface area contributed by atoms with Crippen LogP contribution in [0.3, 0.4) is 0 Å². The first-order valence-corrected chi connectivity index (χ1v) is 7.22. The molecule has 1 saturated heterocycles. The number of carbonyl (C=O) groups is 1. The smallest absolute Gasteiger partial charge is 0.272 e. The van der Waals surface area contributed by atoms with Crippen LogP contribution >= 0.6 is 0 Å². The van der Waals surface area contributed by atoms with Crippen LogP contribution in [0.1, 0.15) is 30.3 Å². The van der Waals surface area contributed by atoms with Crippen LogP contribution in [0, 0.1) is 0 Å². The lowest BCUT2D eigenvalue weighted by Gasteiger charge is -2.16. The molecule has 4 heteroatoms. The topological polar surface area (TPSA) is 45.2 Å². The van der Waals surface area contributed by atoms with Gasteiger partial charge in [0, 0.05) is 25.0 Å². The Hall–Kier alpha value is -2.10. The number of hydrogen-bond donors (Lipinski definition) is 1. The monoisotopic (exact) mass is 269 g/mol. The predicted octanol–water partition coefficient (Wildman–Crippen LogP) is 2.90. The third kappa shape index (κ3) is 2.33. The summed E-state index contributed by atoms with van der Waals surface area (Å²) in [6.45, 7) is 4.53. The maximum Gasteiger partial charge on any atom is 0.272 e. The summed E-state index contributed by atoms with van der Waals surface area (Å²) < 4.78 is 0. The molecular formula is C16H19N3O. The van der Waals surface area contributed by atoms with E-state index < -0.39 is 0 Å². The lowest BCUT2D eigenvalue weighted by molar-refractivity contribution is 0.0787. The van der Waals surface area contributed by atoms with Gasteiger partial charge in [-0.15, -0.1) is 0 Å². The van der Waals surface area contributed by atoms with E-state index >= 15 is 0 Å². The molecule has 104 valence electrons. The molecule has 0 spiro atoms. The Bertz CT molecular complexity index is 633. The summed E-state index contributed by atoms with van der Waals surface area (Å²) in [5, 5.41) is 5.37. The average molecular weight is 269 g/mol. The second-order valence-electron chi connectivity index (χ2n) is 5.11. The number of hydrogen-bond acceptors (Lipinski definition) is 3. The van der Waals surface area contributed by atoms with Crippen LogP contribution in [0.15, 0.2) is 30.3 Å². The van der Waals surface area contributed by atoms with Crippen LogP contribution in [0.4, 0.5) is 5.82 Å². The van der Waals surface area contributed by atoms with E-state index in [4.69, 9.17) is 0 Å². The molecule has 0 radical (unpaired) electrons. The van der Waals surface area contributed by atoms with Gasteiger partial charge in [0.2, 0.25) is 0 Å². The molecule has 0 aliphatic carbocycles. The van der Waals surface area contributed by atoms with E-state index in [0.717, 1.165) is 49.1 Å². The van der Waals surface area contributed by atoms with Crippen molar-refractivity contribution in [1.82, 2.24) is 9.88 Å². The first-order valence-electron chi connectivity index (χ1n) is 7.22. The van der Waals surface area contributed by atoms with Crippen molar-refractivity contribution in [2.45, 2.75) is 19.8 Å². The van der Waals surface area contributed by atoms with Crippen molar-refractivity contribution in [3.05, 3.63) is 36.0 Å².